The van der Waals surface area contributed by atoms with Crippen molar-refractivity contribution < 1.29 is 9.53 Å². The highest BCUT2D eigenvalue weighted by Gasteiger charge is 2.10. The molecule has 0 bridgehead atoms. The summed E-state index contributed by atoms with van der Waals surface area (Å²) < 4.78 is 5.35. The molecule has 2 rings (SSSR count). The molecule has 1 aromatic rings. The van der Waals surface area contributed by atoms with Crippen molar-refractivity contribution in [2.24, 2.45) is 0 Å². The van der Waals surface area contributed by atoms with Crippen molar-refractivity contribution in [3.05, 3.63) is 29.8 Å². The van der Waals surface area contributed by atoms with Gasteiger partial charge in [-0.1, -0.05) is 12.1 Å². The lowest BCUT2D eigenvalue weighted by molar-refractivity contribution is -0.107. The highest BCUT2D eigenvalue weighted by atomic mass is 16.5. The summed E-state index contributed by atoms with van der Waals surface area (Å²) in [6, 6.07) is 8.79. The molecule has 18 heavy (non-hydrogen) atoms. The second-order valence-electron chi connectivity index (χ2n) is 4.68. The number of aldehydes is 1. The highest BCUT2D eigenvalue weighted by Crippen LogP contribution is 2.17. The van der Waals surface area contributed by atoms with Crippen LogP contribution in [-0.2, 0) is 16.0 Å². The van der Waals surface area contributed by atoms with Gasteiger partial charge in [0.05, 0.1) is 13.2 Å². The first kappa shape index (κ1) is 13.1. The Balaban J connectivity index is 1.82. The zero-order chi connectivity index (χ0) is 12.6. The molecular weight excluding hydrogens is 226 g/mol. The van der Waals surface area contributed by atoms with Gasteiger partial charge in [0.2, 0.25) is 0 Å². The number of unbranched alkanes of at least 4 members (excludes halogenated alkanes) is 2. The number of aryl methyl sites for hydroxylation is 1. The van der Waals surface area contributed by atoms with Gasteiger partial charge in [-0.25, -0.2) is 0 Å². The van der Waals surface area contributed by atoms with E-state index in [1.54, 1.807) is 0 Å². The first-order valence-electron chi connectivity index (χ1n) is 6.75. The Morgan fingerprint density at radius 2 is 1.83 bits per heavy atom. The number of carbonyl (C=O) groups excluding carboxylic acids is 1. The predicted molar refractivity (Wildman–Crippen MR) is 73.1 cm³/mol. The van der Waals surface area contributed by atoms with Gasteiger partial charge in [-0.05, 0) is 37.0 Å². The normalized spacial score (nSPS) is 15.7. The molecule has 3 heteroatoms. The molecule has 1 aliphatic heterocycles. The zero-order valence-corrected chi connectivity index (χ0v) is 10.8. The topological polar surface area (TPSA) is 29.5 Å². The molecule has 0 atom stereocenters. The van der Waals surface area contributed by atoms with E-state index in [4.69, 9.17) is 4.74 Å². The molecule has 98 valence electrons. The summed E-state index contributed by atoms with van der Waals surface area (Å²) in [4.78, 5) is 12.6. The van der Waals surface area contributed by atoms with E-state index in [1.165, 1.54) is 11.3 Å². The van der Waals surface area contributed by atoms with E-state index in [9.17, 15) is 4.79 Å². The van der Waals surface area contributed by atoms with Crippen LogP contribution in [0.4, 0.5) is 5.69 Å². The van der Waals surface area contributed by atoms with E-state index in [2.05, 4.69) is 29.2 Å². The lowest BCUT2D eigenvalue weighted by Crippen LogP contribution is -2.36. The third-order valence-corrected chi connectivity index (χ3v) is 3.35. The summed E-state index contributed by atoms with van der Waals surface area (Å²) in [6.07, 6.45) is 4.84. The van der Waals surface area contributed by atoms with Crippen molar-refractivity contribution >= 4 is 12.0 Å². The monoisotopic (exact) mass is 247 g/mol. The zero-order valence-electron chi connectivity index (χ0n) is 10.8. The van der Waals surface area contributed by atoms with Crippen LogP contribution < -0.4 is 4.90 Å². The lowest BCUT2D eigenvalue weighted by atomic mass is 10.1. The van der Waals surface area contributed by atoms with Gasteiger partial charge in [0.1, 0.15) is 6.29 Å². The van der Waals surface area contributed by atoms with Gasteiger partial charge in [0.15, 0.2) is 0 Å². The predicted octanol–water partition coefficient (Wildman–Crippen LogP) is 2.43. The molecule has 0 radical (unpaired) electrons. The van der Waals surface area contributed by atoms with Gasteiger partial charge in [-0.2, -0.15) is 0 Å². The maximum Gasteiger partial charge on any atom is 0.119 e. The van der Waals surface area contributed by atoms with Crippen molar-refractivity contribution in [3.8, 4) is 0 Å². The van der Waals surface area contributed by atoms with Crippen LogP contribution in [0.3, 0.4) is 0 Å². The first-order valence-corrected chi connectivity index (χ1v) is 6.75. The van der Waals surface area contributed by atoms with Gasteiger partial charge in [0, 0.05) is 25.2 Å². The summed E-state index contributed by atoms with van der Waals surface area (Å²) >= 11 is 0. The average Bonchev–Trinajstić information content (AvgIpc) is 2.45. The molecule has 1 heterocycles. The number of rotatable bonds is 6. The van der Waals surface area contributed by atoms with Crippen LogP contribution in [0, 0.1) is 0 Å². The van der Waals surface area contributed by atoms with E-state index in [0.717, 1.165) is 51.9 Å². The molecule has 1 aromatic carbocycles. The van der Waals surface area contributed by atoms with E-state index in [1.807, 2.05) is 0 Å². The SMILES string of the molecule is O=CCCCCc1ccc(N2CCOCC2)cc1. The van der Waals surface area contributed by atoms with E-state index in [-0.39, 0.29) is 0 Å². The van der Waals surface area contributed by atoms with E-state index < -0.39 is 0 Å². The van der Waals surface area contributed by atoms with Gasteiger partial charge in [0.25, 0.3) is 0 Å². The molecule has 1 aliphatic rings. The average molecular weight is 247 g/mol. The van der Waals surface area contributed by atoms with Crippen LogP contribution >= 0.6 is 0 Å². The summed E-state index contributed by atoms with van der Waals surface area (Å²) in [5.41, 5.74) is 2.65. The molecule has 3 nitrogen and oxygen atoms in total. The third kappa shape index (κ3) is 3.84. The van der Waals surface area contributed by atoms with Gasteiger partial charge in [-0.15, -0.1) is 0 Å². The van der Waals surface area contributed by atoms with Crippen LogP contribution in [0.1, 0.15) is 24.8 Å². The van der Waals surface area contributed by atoms with Crippen LogP contribution in [-0.4, -0.2) is 32.6 Å². The number of morpholine rings is 1. The minimum Gasteiger partial charge on any atom is -0.378 e. The van der Waals surface area contributed by atoms with Crippen molar-refractivity contribution in [2.45, 2.75) is 25.7 Å². The first-order chi connectivity index (χ1) is 8.90. The quantitative estimate of drug-likeness (QED) is 0.571. The van der Waals surface area contributed by atoms with Gasteiger partial charge < -0.3 is 14.4 Å². The second kappa shape index (κ2) is 7.17. The fourth-order valence-corrected chi connectivity index (χ4v) is 2.25. The number of nitrogens with zero attached hydrogens (tertiary/aromatic N) is 1. The van der Waals surface area contributed by atoms with Crippen molar-refractivity contribution in [3.63, 3.8) is 0 Å². The standard InChI is InChI=1S/C15H21NO2/c17-11-3-1-2-4-14-5-7-15(8-6-14)16-9-12-18-13-10-16/h5-8,11H,1-4,9-10,12-13H2. The molecule has 0 spiro atoms. The smallest absolute Gasteiger partial charge is 0.119 e. The van der Waals surface area contributed by atoms with Crippen LogP contribution in [0.2, 0.25) is 0 Å². The maximum absolute atomic E-state index is 10.2. The number of hydrogen-bond acceptors (Lipinski definition) is 3. The number of carbonyl (C=O) groups is 1. The molecule has 0 aromatic heterocycles. The van der Waals surface area contributed by atoms with Crippen molar-refractivity contribution in [2.75, 3.05) is 31.2 Å². The van der Waals surface area contributed by atoms with Crippen molar-refractivity contribution in [1.29, 1.82) is 0 Å². The number of ether oxygens (including phenoxy) is 1. The molecule has 0 amide bonds. The third-order valence-electron chi connectivity index (χ3n) is 3.35. The minimum absolute atomic E-state index is 0.686. The highest BCUT2D eigenvalue weighted by molar-refractivity contribution is 5.49. The van der Waals surface area contributed by atoms with Crippen LogP contribution in [0.15, 0.2) is 24.3 Å². The number of benzene rings is 1. The Kier molecular flexibility index (Phi) is 5.21. The molecule has 0 aliphatic carbocycles. The molecule has 1 fully saturated rings. The fraction of sp³-hybridized carbons (Fsp3) is 0.533. The van der Waals surface area contributed by atoms with Crippen LogP contribution in [0.5, 0.6) is 0 Å². The van der Waals surface area contributed by atoms with Gasteiger partial charge in [-0.3, -0.25) is 0 Å². The Hall–Kier alpha value is -1.35. The summed E-state index contributed by atoms with van der Waals surface area (Å²) in [5.74, 6) is 0. The number of anilines is 1. The second-order valence-corrected chi connectivity index (χ2v) is 4.68. The molecule has 1 saturated heterocycles. The maximum atomic E-state index is 10.2. The van der Waals surface area contributed by atoms with E-state index >= 15 is 0 Å². The van der Waals surface area contributed by atoms with Crippen LogP contribution in [0.25, 0.3) is 0 Å². The Labute approximate surface area is 109 Å². The Morgan fingerprint density at radius 3 is 2.50 bits per heavy atom. The summed E-state index contributed by atoms with van der Waals surface area (Å²) in [5, 5.41) is 0. The van der Waals surface area contributed by atoms with E-state index in [0.29, 0.717) is 6.42 Å². The molecule has 0 saturated carbocycles. The Morgan fingerprint density at radius 1 is 1.11 bits per heavy atom. The minimum atomic E-state index is 0.686. The molecule has 0 N–H and O–H groups in total. The molecule has 0 unspecified atom stereocenters. The van der Waals surface area contributed by atoms with Gasteiger partial charge >= 0.3 is 0 Å². The lowest BCUT2D eigenvalue weighted by Gasteiger charge is -2.28. The Bertz CT molecular complexity index is 355. The summed E-state index contributed by atoms with van der Waals surface area (Å²) in [6.45, 7) is 3.62. The largest absolute Gasteiger partial charge is 0.378 e. The molecular formula is C15H21NO2. The summed E-state index contributed by atoms with van der Waals surface area (Å²) in [7, 11) is 0. The fourth-order valence-electron chi connectivity index (χ4n) is 2.25. The van der Waals surface area contributed by atoms with Crippen molar-refractivity contribution in [1.82, 2.24) is 0 Å². The number of hydrogen-bond donors (Lipinski definition) is 0.